The fraction of sp³-hybridized carbons (Fsp3) is 0.273. The Morgan fingerprint density at radius 1 is 1.27 bits per heavy atom. The Morgan fingerprint density at radius 3 is 2.87 bits per heavy atom. The number of pyridine rings is 1. The molecule has 2 heterocycles. The monoisotopic (exact) mass is 202 g/mol. The van der Waals surface area contributed by atoms with Crippen LogP contribution in [0.25, 0.3) is 0 Å². The van der Waals surface area contributed by atoms with E-state index in [0.29, 0.717) is 6.54 Å². The van der Waals surface area contributed by atoms with Gasteiger partial charge in [0.1, 0.15) is 5.82 Å². The van der Waals surface area contributed by atoms with E-state index in [9.17, 15) is 0 Å². The third-order valence-corrected chi connectivity index (χ3v) is 2.28. The van der Waals surface area contributed by atoms with Crippen molar-refractivity contribution in [2.24, 2.45) is 5.73 Å². The standard InChI is InChI=1S/C11H14N4/c12-6-11-14-8-10(15-11)4-3-9-2-1-5-13-7-9/h1-2,5,7-8H,3-4,6,12H2,(H,14,15). The van der Waals surface area contributed by atoms with Gasteiger partial charge in [0.05, 0.1) is 6.54 Å². The predicted octanol–water partition coefficient (Wildman–Crippen LogP) is 1.05. The van der Waals surface area contributed by atoms with Crippen LogP contribution < -0.4 is 5.73 Å². The molecule has 15 heavy (non-hydrogen) atoms. The number of nitrogens with two attached hydrogens (primary N) is 1. The van der Waals surface area contributed by atoms with Crippen molar-refractivity contribution in [3.05, 3.63) is 47.8 Å². The number of nitrogens with one attached hydrogen (secondary N) is 1. The zero-order valence-electron chi connectivity index (χ0n) is 8.48. The molecule has 4 heteroatoms. The summed E-state index contributed by atoms with van der Waals surface area (Å²) in [6.45, 7) is 0.465. The molecule has 0 aromatic carbocycles. The summed E-state index contributed by atoms with van der Waals surface area (Å²) in [5.74, 6) is 0.844. The number of imidazole rings is 1. The third-order valence-electron chi connectivity index (χ3n) is 2.28. The van der Waals surface area contributed by atoms with Gasteiger partial charge in [0.15, 0.2) is 0 Å². The molecule has 0 radical (unpaired) electrons. The summed E-state index contributed by atoms with van der Waals surface area (Å²) in [6.07, 6.45) is 7.43. The second kappa shape index (κ2) is 4.70. The van der Waals surface area contributed by atoms with Crippen LogP contribution in [0.3, 0.4) is 0 Å². The molecule has 0 spiro atoms. The minimum absolute atomic E-state index is 0.465. The minimum Gasteiger partial charge on any atom is -0.345 e. The summed E-state index contributed by atoms with van der Waals surface area (Å²) in [6, 6.07) is 4.03. The van der Waals surface area contributed by atoms with Gasteiger partial charge in [-0.3, -0.25) is 4.98 Å². The predicted molar refractivity (Wildman–Crippen MR) is 58.1 cm³/mol. The number of hydrogen-bond acceptors (Lipinski definition) is 3. The van der Waals surface area contributed by atoms with Crippen molar-refractivity contribution in [1.29, 1.82) is 0 Å². The van der Waals surface area contributed by atoms with Gasteiger partial charge in [-0.1, -0.05) is 6.07 Å². The fourth-order valence-corrected chi connectivity index (χ4v) is 1.46. The molecule has 3 N–H and O–H groups in total. The van der Waals surface area contributed by atoms with Crippen LogP contribution in [-0.2, 0) is 19.4 Å². The quantitative estimate of drug-likeness (QED) is 0.778. The molecule has 0 aliphatic heterocycles. The van der Waals surface area contributed by atoms with E-state index in [4.69, 9.17) is 5.73 Å². The molecule has 0 aliphatic carbocycles. The molecule has 0 aliphatic rings. The van der Waals surface area contributed by atoms with Gasteiger partial charge in [-0.25, -0.2) is 4.98 Å². The maximum atomic E-state index is 5.47. The molecule has 78 valence electrons. The summed E-state index contributed by atoms with van der Waals surface area (Å²) in [5, 5.41) is 0. The maximum Gasteiger partial charge on any atom is 0.120 e. The van der Waals surface area contributed by atoms with E-state index in [1.165, 1.54) is 5.56 Å². The van der Waals surface area contributed by atoms with Crippen LogP contribution in [0.2, 0.25) is 0 Å². The number of H-pyrrole nitrogens is 1. The number of aryl methyl sites for hydroxylation is 2. The smallest absolute Gasteiger partial charge is 0.120 e. The van der Waals surface area contributed by atoms with Crippen LogP contribution in [0, 0.1) is 0 Å². The number of hydrogen-bond donors (Lipinski definition) is 2. The molecule has 0 bridgehead atoms. The molecule has 4 nitrogen and oxygen atoms in total. The van der Waals surface area contributed by atoms with Gasteiger partial charge in [-0.05, 0) is 24.5 Å². The molecule has 0 atom stereocenters. The van der Waals surface area contributed by atoms with E-state index < -0.39 is 0 Å². The second-order valence-electron chi connectivity index (χ2n) is 3.42. The Morgan fingerprint density at radius 2 is 2.20 bits per heavy atom. The Bertz CT molecular complexity index is 408. The number of aromatic amines is 1. The average Bonchev–Trinajstić information content (AvgIpc) is 2.76. The fourth-order valence-electron chi connectivity index (χ4n) is 1.46. The van der Waals surface area contributed by atoms with Crippen LogP contribution in [0.15, 0.2) is 30.7 Å². The Labute approximate surface area is 88.6 Å². The summed E-state index contributed by atoms with van der Waals surface area (Å²) < 4.78 is 0. The first-order valence-corrected chi connectivity index (χ1v) is 5.00. The second-order valence-corrected chi connectivity index (χ2v) is 3.42. The normalized spacial score (nSPS) is 10.5. The van der Waals surface area contributed by atoms with E-state index >= 15 is 0 Å². The van der Waals surface area contributed by atoms with E-state index in [1.807, 2.05) is 18.5 Å². The lowest BCUT2D eigenvalue weighted by Crippen LogP contribution is -1.98. The summed E-state index contributed by atoms with van der Waals surface area (Å²) in [5.41, 5.74) is 7.83. The van der Waals surface area contributed by atoms with E-state index in [0.717, 1.165) is 24.4 Å². The van der Waals surface area contributed by atoms with Crippen LogP contribution in [0.1, 0.15) is 17.1 Å². The molecule has 0 saturated carbocycles. The van der Waals surface area contributed by atoms with Crippen LogP contribution in [0.4, 0.5) is 0 Å². The molecular weight excluding hydrogens is 188 g/mol. The third kappa shape index (κ3) is 2.63. The van der Waals surface area contributed by atoms with Crippen molar-refractivity contribution in [2.75, 3.05) is 0 Å². The molecule has 2 aromatic rings. The highest BCUT2D eigenvalue weighted by atomic mass is 14.9. The largest absolute Gasteiger partial charge is 0.345 e. The molecule has 0 amide bonds. The number of nitrogens with zero attached hydrogens (tertiary/aromatic N) is 2. The van der Waals surface area contributed by atoms with E-state index in [1.54, 1.807) is 6.20 Å². The molecule has 0 fully saturated rings. The molecule has 0 saturated heterocycles. The van der Waals surface area contributed by atoms with Crippen LogP contribution in [0.5, 0.6) is 0 Å². The number of rotatable bonds is 4. The highest BCUT2D eigenvalue weighted by molar-refractivity contribution is 5.11. The van der Waals surface area contributed by atoms with Crippen molar-refractivity contribution in [3.63, 3.8) is 0 Å². The van der Waals surface area contributed by atoms with Crippen molar-refractivity contribution < 1.29 is 0 Å². The van der Waals surface area contributed by atoms with Gasteiger partial charge in [-0.15, -0.1) is 0 Å². The lowest BCUT2D eigenvalue weighted by molar-refractivity contribution is 0.891. The first kappa shape index (κ1) is 9.86. The van der Waals surface area contributed by atoms with Gasteiger partial charge in [0, 0.05) is 24.3 Å². The summed E-state index contributed by atoms with van der Waals surface area (Å²) in [7, 11) is 0. The van der Waals surface area contributed by atoms with Gasteiger partial charge >= 0.3 is 0 Å². The van der Waals surface area contributed by atoms with Crippen molar-refractivity contribution in [3.8, 4) is 0 Å². The van der Waals surface area contributed by atoms with E-state index in [-0.39, 0.29) is 0 Å². The molecule has 2 aromatic heterocycles. The van der Waals surface area contributed by atoms with Gasteiger partial charge in [0.25, 0.3) is 0 Å². The summed E-state index contributed by atoms with van der Waals surface area (Å²) in [4.78, 5) is 11.4. The lowest BCUT2D eigenvalue weighted by Gasteiger charge is -1.98. The van der Waals surface area contributed by atoms with Gasteiger partial charge in [-0.2, -0.15) is 0 Å². The van der Waals surface area contributed by atoms with Gasteiger partial charge in [0.2, 0.25) is 0 Å². The highest BCUT2D eigenvalue weighted by Gasteiger charge is 1.99. The number of aromatic nitrogens is 3. The topological polar surface area (TPSA) is 67.6 Å². The Kier molecular flexibility index (Phi) is 3.09. The molecular formula is C11H14N4. The maximum absolute atomic E-state index is 5.47. The van der Waals surface area contributed by atoms with Crippen molar-refractivity contribution >= 4 is 0 Å². The van der Waals surface area contributed by atoms with Crippen molar-refractivity contribution in [2.45, 2.75) is 19.4 Å². The average molecular weight is 202 g/mol. The SMILES string of the molecule is NCc1ncc(CCc2cccnc2)[nH]1. The van der Waals surface area contributed by atoms with Crippen molar-refractivity contribution in [1.82, 2.24) is 15.0 Å². The Balaban J connectivity index is 1.93. The van der Waals surface area contributed by atoms with E-state index in [2.05, 4.69) is 21.0 Å². The first-order valence-electron chi connectivity index (χ1n) is 5.00. The Hall–Kier alpha value is -1.68. The van der Waals surface area contributed by atoms with Crippen LogP contribution >= 0.6 is 0 Å². The minimum atomic E-state index is 0.465. The highest BCUT2D eigenvalue weighted by Crippen LogP contribution is 2.04. The summed E-state index contributed by atoms with van der Waals surface area (Å²) >= 11 is 0. The molecule has 0 unspecified atom stereocenters. The first-order chi connectivity index (χ1) is 7.38. The zero-order valence-corrected chi connectivity index (χ0v) is 8.48. The zero-order chi connectivity index (χ0) is 10.5. The molecule has 2 rings (SSSR count). The van der Waals surface area contributed by atoms with Gasteiger partial charge < -0.3 is 10.7 Å². The lowest BCUT2D eigenvalue weighted by atomic mass is 10.1. The van der Waals surface area contributed by atoms with Crippen LogP contribution in [-0.4, -0.2) is 15.0 Å².